The van der Waals surface area contributed by atoms with Crippen molar-refractivity contribution >= 4 is 49.1 Å². The van der Waals surface area contributed by atoms with Crippen LogP contribution in [-0.4, -0.2) is 11.1 Å². The van der Waals surface area contributed by atoms with Crippen molar-refractivity contribution in [3.05, 3.63) is 72.3 Å². The summed E-state index contributed by atoms with van der Waals surface area (Å²) >= 11 is 0. The molecule has 0 spiro atoms. The molecule has 2 nitrogen and oxygen atoms in total. The average molecular weight is 395 g/mol. The number of benzene rings is 5. The van der Waals surface area contributed by atoms with Crippen LogP contribution in [0.15, 0.2) is 66.7 Å². The number of carboxylic acids is 1. The van der Waals surface area contributed by atoms with Crippen molar-refractivity contribution in [2.45, 2.75) is 44.9 Å². The Balaban J connectivity index is 1.48. The maximum atomic E-state index is 10.6. The summed E-state index contributed by atoms with van der Waals surface area (Å²) in [5, 5.41) is 19.6. The van der Waals surface area contributed by atoms with Gasteiger partial charge >= 0.3 is 5.97 Å². The third-order valence-corrected chi connectivity index (χ3v) is 6.45. The van der Waals surface area contributed by atoms with Crippen molar-refractivity contribution < 1.29 is 9.90 Å². The van der Waals surface area contributed by atoms with E-state index in [4.69, 9.17) is 5.11 Å². The summed E-state index contributed by atoms with van der Waals surface area (Å²) in [6.07, 6.45) is 6.60. The zero-order valence-corrected chi connectivity index (χ0v) is 17.2. The van der Waals surface area contributed by atoms with Crippen LogP contribution in [-0.2, 0) is 11.2 Å². The van der Waals surface area contributed by atoms with Gasteiger partial charge in [0.2, 0.25) is 0 Å². The van der Waals surface area contributed by atoms with E-state index in [1.165, 1.54) is 48.7 Å². The van der Waals surface area contributed by atoms with E-state index in [1.54, 1.807) is 0 Å². The summed E-state index contributed by atoms with van der Waals surface area (Å²) in [5.74, 6) is -0.684. The molecule has 0 bridgehead atoms. The molecule has 0 amide bonds. The number of unbranched alkanes of at least 4 members (excludes halogenated alkanes) is 4. The SMILES string of the molecule is O=C(O)CCCCCCCc1ccc2c3cccc4cccc(c5cccc1c52)c43. The Kier molecular flexibility index (Phi) is 5.00. The molecular weight excluding hydrogens is 368 g/mol. The van der Waals surface area contributed by atoms with Gasteiger partial charge in [-0.1, -0.05) is 86.0 Å². The summed E-state index contributed by atoms with van der Waals surface area (Å²) < 4.78 is 0. The number of rotatable bonds is 8. The maximum absolute atomic E-state index is 10.6. The molecule has 0 atom stereocenters. The topological polar surface area (TPSA) is 37.3 Å². The zero-order valence-electron chi connectivity index (χ0n) is 17.2. The second kappa shape index (κ2) is 7.95. The first kappa shape index (κ1) is 18.9. The molecule has 0 aliphatic carbocycles. The zero-order chi connectivity index (χ0) is 20.5. The molecule has 30 heavy (non-hydrogen) atoms. The molecule has 0 unspecified atom stereocenters. The van der Waals surface area contributed by atoms with E-state index in [0.717, 1.165) is 38.5 Å². The van der Waals surface area contributed by atoms with Crippen molar-refractivity contribution in [3.8, 4) is 0 Å². The van der Waals surface area contributed by atoms with Crippen LogP contribution in [0, 0.1) is 0 Å². The molecule has 5 rings (SSSR count). The van der Waals surface area contributed by atoms with Crippen LogP contribution in [0.3, 0.4) is 0 Å². The van der Waals surface area contributed by atoms with Crippen LogP contribution >= 0.6 is 0 Å². The fourth-order valence-corrected chi connectivity index (χ4v) is 5.05. The monoisotopic (exact) mass is 394 g/mol. The lowest BCUT2D eigenvalue weighted by molar-refractivity contribution is -0.137. The number of carbonyl (C=O) groups is 1. The molecule has 150 valence electrons. The highest BCUT2D eigenvalue weighted by molar-refractivity contribution is 6.33. The lowest BCUT2D eigenvalue weighted by Crippen LogP contribution is -1.94. The van der Waals surface area contributed by atoms with E-state index in [9.17, 15) is 4.79 Å². The Morgan fingerprint density at radius 2 is 1.17 bits per heavy atom. The first-order chi connectivity index (χ1) is 14.7. The minimum atomic E-state index is -0.684. The number of aryl methyl sites for hydroxylation is 1. The fraction of sp³-hybridized carbons (Fsp3) is 0.250. The summed E-state index contributed by atoms with van der Waals surface area (Å²) in [6.45, 7) is 0. The number of hydrogen-bond acceptors (Lipinski definition) is 1. The number of aliphatic carboxylic acids is 1. The molecule has 5 aromatic carbocycles. The van der Waals surface area contributed by atoms with Crippen LogP contribution < -0.4 is 0 Å². The van der Waals surface area contributed by atoms with E-state index in [0.29, 0.717) is 6.42 Å². The van der Waals surface area contributed by atoms with E-state index >= 15 is 0 Å². The molecule has 0 radical (unpaired) electrons. The lowest BCUT2D eigenvalue weighted by Gasteiger charge is -2.16. The molecular formula is C28H26O2. The Labute approximate surface area is 176 Å². The molecule has 0 saturated heterocycles. The van der Waals surface area contributed by atoms with Gasteiger partial charge in [-0.05, 0) is 67.9 Å². The van der Waals surface area contributed by atoms with Crippen molar-refractivity contribution in [1.82, 2.24) is 0 Å². The summed E-state index contributed by atoms with van der Waals surface area (Å²) in [5.41, 5.74) is 1.42. The fourth-order valence-electron chi connectivity index (χ4n) is 5.05. The first-order valence-corrected chi connectivity index (χ1v) is 11.0. The van der Waals surface area contributed by atoms with Crippen LogP contribution in [0.4, 0.5) is 0 Å². The summed E-state index contributed by atoms with van der Waals surface area (Å²) in [6, 6.07) is 24.6. The number of fused-ring (bicyclic) bond motifs is 2. The molecule has 0 saturated carbocycles. The minimum absolute atomic E-state index is 0.295. The van der Waals surface area contributed by atoms with E-state index < -0.39 is 5.97 Å². The molecule has 0 aromatic heterocycles. The number of hydrogen-bond donors (Lipinski definition) is 1. The molecule has 0 fully saturated rings. The molecule has 1 N–H and O–H groups in total. The second-order valence-electron chi connectivity index (χ2n) is 8.37. The largest absolute Gasteiger partial charge is 0.481 e. The smallest absolute Gasteiger partial charge is 0.303 e. The third kappa shape index (κ3) is 3.27. The van der Waals surface area contributed by atoms with Gasteiger partial charge in [0.25, 0.3) is 0 Å². The van der Waals surface area contributed by atoms with Gasteiger partial charge in [-0.25, -0.2) is 0 Å². The Morgan fingerprint density at radius 3 is 1.90 bits per heavy atom. The van der Waals surface area contributed by atoms with Gasteiger partial charge in [-0.3, -0.25) is 4.79 Å². The van der Waals surface area contributed by atoms with E-state index in [1.807, 2.05) is 0 Å². The van der Waals surface area contributed by atoms with Crippen molar-refractivity contribution in [2.24, 2.45) is 0 Å². The van der Waals surface area contributed by atoms with Crippen LogP contribution in [0.25, 0.3) is 43.1 Å². The van der Waals surface area contributed by atoms with Gasteiger partial charge in [-0.15, -0.1) is 0 Å². The molecule has 2 heteroatoms. The van der Waals surface area contributed by atoms with Crippen molar-refractivity contribution in [1.29, 1.82) is 0 Å². The van der Waals surface area contributed by atoms with E-state index in [2.05, 4.69) is 66.7 Å². The standard InChI is InChI=1S/C28H26O2/c29-26(30)16-5-3-1-2-4-9-19-17-18-25-23-14-7-11-20-10-6-13-22(27(20)23)24-15-8-12-21(19)28(24)25/h6-8,10-15,17-18H,1-5,9,16H2,(H,29,30). The van der Waals surface area contributed by atoms with Crippen LogP contribution in [0.2, 0.25) is 0 Å². The Bertz CT molecular complexity index is 1300. The minimum Gasteiger partial charge on any atom is -0.481 e. The summed E-state index contributed by atoms with van der Waals surface area (Å²) in [7, 11) is 0. The van der Waals surface area contributed by atoms with Gasteiger partial charge in [0.1, 0.15) is 0 Å². The van der Waals surface area contributed by atoms with Crippen molar-refractivity contribution in [3.63, 3.8) is 0 Å². The van der Waals surface area contributed by atoms with Gasteiger partial charge in [0, 0.05) is 6.42 Å². The summed E-state index contributed by atoms with van der Waals surface area (Å²) in [4.78, 5) is 10.6. The van der Waals surface area contributed by atoms with Gasteiger partial charge < -0.3 is 5.11 Å². The van der Waals surface area contributed by atoms with Crippen molar-refractivity contribution in [2.75, 3.05) is 0 Å². The van der Waals surface area contributed by atoms with Crippen LogP contribution in [0.5, 0.6) is 0 Å². The van der Waals surface area contributed by atoms with Crippen LogP contribution in [0.1, 0.15) is 44.1 Å². The highest BCUT2D eigenvalue weighted by atomic mass is 16.4. The molecule has 0 aliphatic rings. The lowest BCUT2D eigenvalue weighted by atomic mass is 9.87. The predicted octanol–water partition coefficient (Wildman–Crippen LogP) is 7.70. The first-order valence-electron chi connectivity index (χ1n) is 11.0. The Morgan fingerprint density at radius 1 is 0.600 bits per heavy atom. The maximum Gasteiger partial charge on any atom is 0.303 e. The van der Waals surface area contributed by atoms with E-state index in [-0.39, 0.29) is 0 Å². The highest BCUT2D eigenvalue weighted by Crippen LogP contribution is 2.41. The van der Waals surface area contributed by atoms with Gasteiger partial charge in [-0.2, -0.15) is 0 Å². The molecule has 5 aromatic rings. The molecule has 0 aliphatic heterocycles. The number of carboxylic acid groups (broad SMARTS) is 1. The highest BCUT2D eigenvalue weighted by Gasteiger charge is 2.14. The van der Waals surface area contributed by atoms with Gasteiger partial charge in [0.15, 0.2) is 0 Å². The second-order valence-corrected chi connectivity index (χ2v) is 8.37. The quantitative estimate of drug-likeness (QED) is 0.166. The normalized spacial score (nSPS) is 11.9. The third-order valence-electron chi connectivity index (χ3n) is 6.45. The predicted molar refractivity (Wildman–Crippen MR) is 127 cm³/mol. The van der Waals surface area contributed by atoms with Gasteiger partial charge in [0.05, 0.1) is 0 Å². The average Bonchev–Trinajstić information content (AvgIpc) is 2.77. The Hall–Kier alpha value is -3.13. The molecule has 0 heterocycles.